The van der Waals surface area contributed by atoms with Crippen molar-refractivity contribution in [2.45, 2.75) is 24.9 Å². The van der Waals surface area contributed by atoms with Crippen LogP contribution in [0.25, 0.3) is 5.69 Å². The molecule has 0 aliphatic carbocycles. The lowest BCUT2D eigenvalue weighted by atomic mass is 9.84. The van der Waals surface area contributed by atoms with E-state index in [1.807, 2.05) is 35.0 Å². The van der Waals surface area contributed by atoms with Crippen molar-refractivity contribution in [1.82, 2.24) is 19.7 Å². The van der Waals surface area contributed by atoms with Crippen LogP contribution in [0.1, 0.15) is 34.6 Å². The summed E-state index contributed by atoms with van der Waals surface area (Å²) in [6, 6.07) is 15.9. The highest BCUT2D eigenvalue weighted by Gasteiger charge is 2.43. The van der Waals surface area contributed by atoms with Gasteiger partial charge in [0.2, 0.25) is 0 Å². The van der Waals surface area contributed by atoms with Crippen molar-refractivity contribution in [3.63, 3.8) is 0 Å². The first-order valence-electron chi connectivity index (χ1n) is 10.8. The van der Waals surface area contributed by atoms with Crippen molar-refractivity contribution in [1.29, 1.82) is 0 Å². The lowest BCUT2D eigenvalue weighted by Crippen LogP contribution is -2.47. The van der Waals surface area contributed by atoms with Gasteiger partial charge in [-0.05, 0) is 49.1 Å². The smallest absolute Gasteiger partial charge is 0.272 e. The Balaban J connectivity index is 1.37. The zero-order valence-corrected chi connectivity index (χ0v) is 18.0. The first-order chi connectivity index (χ1) is 15.1. The summed E-state index contributed by atoms with van der Waals surface area (Å²) in [6.07, 6.45) is 4.74. The molecule has 0 bridgehead atoms. The molecule has 0 atom stereocenters. The molecule has 2 aromatic heterocycles. The van der Waals surface area contributed by atoms with Gasteiger partial charge in [-0.2, -0.15) is 5.10 Å². The van der Waals surface area contributed by atoms with Crippen LogP contribution in [0.15, 0.2) is 54.7 Å². The number of hydrogen-bond donors (Lipinski definition) is 0. The minimum atomic E-state index is -0.346. The maximum atomic E-state index is 12.3. The van der Waals surface area contributed by atoms with Crippen molar-refractivity contribution in [3.8, 4) is 5.69 Å². The molecule has 0 N–H and O–H groups in total. The van der Waals surface area contributed by atoms with Gasteiger partial charge >= 0.3 is 0 Å². The van der Waals surface area contributed by atoms with Crippen LogP contribution < -0.4 is 4.90 Å². The summed E-state index contributed by atoms with van der Waals surface area (Å²) in [5.41, 5.74) is 3.55. The molecule has 2 aliphatic heterocycles. The van der Waals surface area contributed by atoms with E-state index >= 15 is 0 Å². The van der Waals surface area contributed by atoms with E-state index in [1.54, 1.807) is 25.1 Å². The quantitative estimate of drug-likeness (QED) is 0.656. The second-order valence-corrected chi connectivity index (χ2v) is 8.44. The highest BCUT2D eigenvalue weighted by atomic mass is 16.5. The molecular weight excluding hydrogens is 390 g/mol. The van der Waals surface area contributed by atoms with Crippen LogP contribution in [-0.4, -0.2) is 59.4 Å². The number of aromatic nitrogens is 3. The molecule has 0 radical (unpaired) electrons. The van der Waals surface area contributed by atoms with Crippen LogP contribution in [-0.2, 0) is 16.8 Å². The van der Waals surface area contributed by atoms with Crippen molar-refractivity contribution in [2.24, 2.45) is 0 Å². The molecule has 1 saturated heterocycles. The molecule has 1 spiro atoms. The van der Waals surface area contributed by atoms with Crippen LogP contribution in [0.2, 0.25) is 0 Å². The number of pyridine rings is 1. The molecule has 2 aliphatic rings. The molecule has 4 heterocycles. The van der Waals surface area contributed by atoms with Gasteiger partial charge in [-0.25, -0.2) is 9.67 Å². The van der Waals surface area contributed by atoms with Gasteiger partial charge in [0, 0.05) is 33.4 Å². The van der Waals surface area contributed by atoms with Crippen molar-refractivity contribution < 1.29 is 9.53 Å². The van der Waals surface area contributed by atoms with E-state index < -0.39 is 0 Å². The number of piperidine rings is 1. The Bertz CT molecular complexity index is 1080. The van der Waals surface area contributed by atoms with E-state index in [9.17, 15) is 4.79 Å². The molecule has 5 rings (SSSR count). The number of carbonyl (C=O) groups is 1. The molecule has 160 valence electrons. The Morgan fingerprint density at radius 2 is 1.84 bits per heavy atom. The van der Waals surface area contributed by atoms with Crippen LogP contribution in [0.4, 0.5) is 5.82 Å². The largest absolute Gasteiger partial charge is 0.368 e. The van der Waals surface area contributed by atoms with Crippen LogP contribution in [0.3, 0.4) is 0 Å². The number of amides is 1. The first kappa shape index (κ1) is 19.8. The third kappa shape index (κ3) is 3.59. The van der Waals surface area contributed by atoms with Gasteiger partial charge in [0.15, 0.2) is 0 Å². The SMILES string of the molecule is CN(C)C(=O)c1cccc(N2CCC3(CC2)OCCc2cn(-c4ccccc4)nc23)n1. The summed E-state index contributed by atoms with van der Waals surface area (Å²) in [7, 11) is 3.49. The zero-order valence-electron chi connectivity index (χ0n) is 18.0. The number of ether oxygens (including phenoxy) is 1. The molecule has 1 aromatic carbocycles. The van der Waals surface area contributed by atoms with E-state index in [1.165, 1.54) is 5.56 Å². The third-order valence-electron chi connectivity index (χ3n) is 6.25. The van der Waals surface area contributed by atoms with Gasteiger partial charge in [-0.3, -0.25) is 4.79 Å². The summed E-state index contributed by atoms with van der Waals surface area (Å²) in [5, 5.41) is 4.96. The first-order valence-corrected chi connectivity index (χ1v) is 10.8. The van der Waals surface area contributed by atoms with E-state index in [4.69, 9.17) is 9.84 Å². The Hall–Kier alpha value is -3.19. The number of carbonyl (C=O) groups excluding carboxylic acids is 1. The fourth-order valence-electron chi connectivity index (χ4n) is 4.54. The average molecular weight is 418 g/mol. The van der Waals surface area contributed by atoms with Crippen LogP contribution in [0, 0.1) is 0 Å². The maximum Gasteiger partial charge on any atom is 0.272 e. The highest BCUT2D eigenvalue weighted by Crippen LogP contribution is 2.41. The van der Waals surface area contributed by atoms with Gasteiger partial charge in [0.05, 0.1) is 18.0 Å². The predicted octanol–water partition coefficient (Wildman–Crippen LogP) is 3.04. The van der Waals surface area contributed by atoms with E-state index in [-0.39, 0.29) is 11.5 Å². The lowest BCUT2D eigenvalue weighted by molar-refractivity contribution is -0.0797. The Kier molecular flexibility index (Phi) is 4.98. The molecule has 0 saturated carbocycles. The molecule has 0 unspecified atom stereocenters. The molecule has 7 nitrogen and oxygen atoms in total. The summed E-state index contributed by atoms with van der Waals surface area (Å²) >= 11 is 0. The topological polar surface area (TPSA) is 63.5 Å². The fraction of sp³-hybridized carbons (Fsp3) is 0.375. The Labute approximate surface area is 182 Å². The number of rotatable bonds is 3. The number of para-hydroxylation sites is 1. The zero-order chi connectivity index (χ0) is 21.4. The standard InChI is InChI=1S/C24H27N5O2/c1-27(2)23(30)20-9-6-10-21(25-20)28-14-12-24(13-15-28)22-18(11-16-31-24)17-29(26-22)19-7-4-3-5-8-19/h3-10,17H,11-16H2,1-2H3. The monoisotopic (exact) mass is 417 g/mol. The third-order valence-corrected chi connectivity index (χ3v) is 6.25. The van der Waals surface area contributed by atoms with E-state index in [2.05, 4.69) is 28.2 Å². The number of anilines is 1. The Morgan fingerprint density at radius 3 is 2.58 bits per heavy atom. The molecular formula is C24H27N5O2. The molecule has 7 heteroatoms. The summed E-state index contributed by atoms with van der Waals surface area (Å²) in [6.45, 7) is 2.34. The van der Waals surface area contributed by atoms with Gasteiger partial charge in [-0.1, -0.05) is 24.3 Å². The molecule has 1 amide bonds. The summed E-state index contributed by atoms with van der Waals surface area (Å²) < 4.78 is 8.35. The fourth-order valence-corrected chi connectivity index (χ4v) is 4.54. The molecule has 3 aromatic rings. The van der Waals surface area contributed by atoms with E-state index in [0.717, 1.165) is 56.2 Å². The van der Waals surface area contributed by atoms with Gasteiger partial charge in [0.1, 0.15) is 17.1 Å². The Morgan fingerprint density at radius 1 is 1.06 bits per heavy atom. The normalized spacial score (nSPS) is 17.4. The van der Waals surface area contributed by atoms with Crippen LogP contribution in [0.5, 0.6) is 0 Å². The second kappa shape index (κ2) is 7.81. The minimum absolute atomic E-state index is 0.0814. The van der Waals surface area contributed by atoms with Crippen molar-refractivity contribution in [2.75, 3.05) is 38.7 Å². The van der Waals surface area contributed by atoms with Gasteiger partial charge in [-0.15, -0.1) is 0 Å². The molecule has 31 heavy (non-hydrogen) atoms. The van der Waals surface area contributed by atoms with Gasteiger partial charge in [0.25, 0.3) is 5.91 Å². The number of benzene rings is 1. The number of nitrogens with zero attached hydrogens (tertiary/aromatic N) is 5. The average Bonchev–Trinajstić information content (AvgIpc) is 3.26. The number of fused-ring (bicyclic) bond motifs is 2. The van der Waals surface area contributed by atoms with E-state index in [0.29, 0.717) is 5.69 Å². The second-order valence-electron chi connectivity index (χ2n) is 8.44. The lowest BCUT2D eigenvalue weighted by Gasteiger charge is -2.43. The highest BCUT2D eigenvalue weighted by molar-refractivity contribution is 5.92. The van der Waals surface area contributed by atoms with Gasteiger partial charge < -0.3 is 14.5 Å². The number of hydrogen-bond acceptors (Lipinski definition) is 5. The molecule has 1 fully saturated rings. The predicted molar refractivity (Wildman–Crippen MR) is 119 cm³/mol. The summed E-state index contributed by atoms with van der Waals surface area (Å²) in [5.74, 6) is 0.760. The van der Waals surface area contributed by atoms with Crippen molar-refractivity contribution in [3.05, 3.63) is 71.7 Å². The van der Waals surface area contributed by atoms with Crippen LogP contribution >= 0.6 is 0 Å². The minimum Gasteiger partial charge on any atom is -0.368 e. The van der Waals surface area contributed by atoms with Crippen molar-refractivity contribution >= 4 is 11.7 Å². The maximum absolute atomic E-state index is 12.3. The summed E-state index contributed by atoms with van der Waals surface area (Å²) in [4.78, 5) is 20.7.